The lowest BCUT2D eigenvalue weighted by atomic mass is 10.2. The van der Waals surface area contributed by atoms with Crippen LogP contribution >= 0.6 is 0 Å². The van der Waals surface area contributed by atoms with Crippen LogP contribution in [0.1, 0.15) is 5.56 Å². The smallest absolute Gasteiger partial charge is 0.253 e. The van der Waals surface area contributed by atoms with E-state index in [0.717, 1.165) is 11.3 Å². The number of nitrogens with one attached hydrogen (secondary N) is 2. The summed E-state index contributed by atoms with van der Waals surface area (Å²) in [6.07, 6.45) is 2.13. The molecular formula is C7H9N3O. The van der Waals surface area contributed by atoms with Crippen LogP contribution in [0.2, 0.25) is 0 Å². The second-order valence-electron chi connectivity index (χ2n) is 2.65. The van der Waals surface area contributed by atoms with E-state index in [1.807, 2.05) is 6.07 Å². The molecule has 1 aromatic heterocycles. The van der Waals surface area contributed by atoms with E-state index in [4.69, 9.17) is 5.73 Å². The van der Waals surface area contributed by atoms with E-state index in [1.165, 1.54) is 0 Å². The van der Waals surface area contributed by atoms with Gasteiger partial charge in [0.15, 0.2) is 0 Å². The first kappa shape index (κ1) is 6.42. The van der Waals surface area contributed by atoms with Crippen LogP contribution in [0.25, 0.3) is 0 Å². The third-order valence-electron chi connectivity index (χ3n) is 1.83. The van der Waals surface area contributed by atoms with Gasteiger partial charge in [-0.1, -0.05) is 0 Å². The fourth-order valence-electron chi connectivity index (χ4n) is 1.32. The molecule has 0 fully saturated rings. The minimum atomic E-state index is -0.103. The number of nitrogens with two attached hydrogens (primary N) is 1. The second kappa shape index (κ2) is 2.10. The quantitative estimate of drug-likeness (QED) is 0.473. The maximum absolute atomic E-state index is 11.1. The first-order valence-electron chi connectivity index (χ1n) is 3.50. The van der Waals surface area contributed by atoms with E-state index in [-0.39, 0.29) is 11.7 Å². The number of aromatic nitrogens is 1. The van der Waals surface area contributed by atoms with Crippen LogP contribution in [0.15, 0.2) is 17.1 Å². The van der Waals surface area contributed by atoms with E-state index in [1.54, 1.807) is 6.20 Å². The van der Waals surface area contributed by atoms with E-state index < -0.39 is 0 Å². The van der Waals surface area contributed by atoms with Gasteiger partial charge in [0.2, 0.25) is 0 Å². The second-order valence-corrected chi connectivity index (χ2v) is 2.65. The SMILES string of the molecule is NC1Cc2c(cc[nH]c2=O)N1. The Kier molecular flexibility index (Phi) is 1.22. The van der Waals surface area contributed by atoms with Crippen LogP contribution in [0, 0.1) is 0 Å². The Morgan fingerprint density at radius 2 is 2.45 bits per heavy atom. The Hall–Kier alpha value is -1.29. The van der Waals surface area contributed by atoms with Gasteiger partial charge in [0.1, 0.15) is 0 Å². The van der Waals surface area contributed by atoms with Crippen LogP contribution in [0.3, 0.4) is 0 Å². The molecule has 4 nitrogen and oxygen atoms in total. The van der Waals surface area contributed by atoms with Gasteiger partial charge in [-0.05, 0) is 6.07 Å². The maximum atomic E-state index is 11.1. The van der Waals surface area contributed by atoms with Gasteiger partial charge < -0.3 is 16.0 Å². The van der Waals surface area contributed by atoms with Crippen molar-refractivity contribution in [2.75, 3.05) is 5.32 Å². The first-order chi connectivity index (χ1) is 5.27. The lowest BCUT2D eigenvalue weighted by Gasteiger charge is -2.00. The van der Waals surface area contributed by atoms with Gasteiger partial charge in [-0.25, -0.2) is 0 Å². The van der Waals surface area contributed by atoms with Crippen molar-refractivity contribution in [2.24, 2.45) is 5.73 Å². The lowest BCUT2D eigenvalue weighted by molar-refractivity contribution is 0.793. The zero-order valence-corrected chi connectivity index (χ0v) is 5.92. The number of hydrogen-bond acceptors (Lipinski definition) is 3. The molecule has 0 saturated carbocycles. The molecule has 4 N–H and O–H groups in total. The summed E-state index contributed by atoms with van der Waals surface area (Å²) in [5.41, 5.74) is 7.18. The van der Waals surface area contributed by atoms with Gasteiger partial charge in [-0.3, -0.25) is 4.79 Å². The summed E-state index contributed by atoms with van der Waals surface area (Å²) in [6, 6.07) is 1.82. The van der Waals surface area contributed by atoms with Gasteiger partial charge in [-0.2, -0.15) is 0 Å². The van der Waals surface area contributed by atoms with Gasteiger partial charge in [0.25, 0.3) is 5.56 Å². The van der Waals surface area contributed by atoms with E-state index in [0.29, 0.717) is 6.42 Å². The average molecular weight is 151 g/mol. The predicted octanol–water partition coefficient (Wildman–Crippen LogP) is -0.372. The summed E-state index contributed by atoms with van der Waals surface area (Å²) in [4.78, 5) is 13.7. The van der Waals surface area contributed by atoms with Gasteiger partial charge in [-0.15, -0.1) is 0 Å². The molecule has 4 heteroatoms. The molecule has 1 aliphatic heterocycles. The number of hydrogen-bond donors (Lipinski definition) is 3. The largest absolute Gasteiger partial charge is 0.369 e. The zero-order valence-electron chi connectivity index (χ0n) is 5.92. The highest BCUT2D eigenvalue weighted by Crippen LogP contribution is 2.18. The Bertz CT molecular complexity index is 331. The average Bonchev–Trinajstić information content (AvgIpc) is 2.31. The molecule has 0 bridgehead atoms. The molecule has 2 heterocycles. The number of pyridine rings is 1. The number of H-pyrrole nitrogens is 1. The van der Waals surface area contributed by atoms with Crippen LogP contribution in [-0.2, 0) is 6.42 Å². The van der Waals surface area contributed by atoms with Crippen molar-refractivity contribution in [3.05, 3.63) is 28.2 Å². The number of anilines is 1. The maximum Gasteiger partial charge on any atom is 0.253 e. The molecule has 1 aromatic rings. The topological polar surface area (TPSA) is 70.9 Å². The minimum absolute atomic E-state index is 0.0389. The molecule has 2 rings (SSSR count). The number of aromatic amines is 1. The molecule has 11 heavy (non-hydrogen) atoms. The van der Waals surface area contributed by atoms with E-state index in [9.17, 15) is 4.79 Å². The van der Waals surface area contributed by atoms with Crippen molar-refractivity contribution < 1.29 is 0 Å². The van der Waals surface area contributed by atoms with E-state index >= 15 is 0 Å². The molecule has 0 aliphatic carbocycles. The van der Waals surface area contributed by atoms with Gasteiger partial charge in [0.05, 0.1) is 6.17 Å². The lowest BCUT2D eigenvalue weighted by Crippen LogP contribution is -2.26. The summed E-state index contributed by atoms with van der Waals surface area (Å²) >= 11 is 0. The summed E-state index contributed by atoms with van der Waals surface area (Å²) in [6.45, 7) is 0. The normalized spacial score (nSPS) is 21.0. The first-order valence-corrected chi connectivity index (χ1v) is 3.50. The molecular weight excluding hydrogens is 142 g/mol. The predicted molar refractivity (Wildman–Crippen MR) is 42.4 cm³/mol. The van der Waals surface area contributed by atoms with Crippen molar-refractivity contribution in [2.45, 2.75) is 12.6 Å². The van der Waals surface area contributed by atoms with Crippen molar-refractivity contribution in [3.8, 4) is 0 Å². The minimum Gasteiger partial charge on any atom is -0.369 e. The highest BCUT2D eigenvalue weighted by molar-refractivity contribution is 5.54. The molecule has 0 aromatic carbocycles. The highest BCUT2D eigenvalue weighted by atomic mass is 16.1. The fourth-order valence-corrected chi connectivity index (χ4v) is 1.32. The molecule has 1 unspecified atom stereocenters. The third-order valence-corrected chi connectivity index (χ3v) is 1.83. The molecule has 0 radical (unpaired) electrons. The Morgan fingerprint density at radius 3 is 3.18 bits per heavy atom. The molecule has 1 atom stereocenters. The van der Waals surface area contributed by atoms with Crippen LogP contribution < -0.4 is 16.6 Å². The summed E-state index contributed by atoms with van der Waals surface area (Å²) in [5, 5.41) is 3.00. The van der Waals surface area contributed by atoms with Crippen LogP contribution in [0.5, 0.6) is 0 Å². The number of rotatable bonds is 0. The van der Waals surface area contributed by atoms with Gasteiger partial charge in [0, 0.05) is 23.9 Å². The monoisotopic (exact) mass is 151 g/mol. The molecule has 58 valence electrons. The van der Waals surface area contributed by atoms with Crippen LogP contribution in [-0.4, -0.2) is 11.1 Å². The van der Waals surface area contributed by atoms with Crippen molar-refractivity contribution in [1.82, 2.24) is 4.98 Å². The Morgan fingerprint density at radius 1 is 1.64 bits per heavy atom. The van der Waals surface area contributed by atoms with Crippen LogP contribution in [0.4, 0.5) is 5.69 Å². The highest BCUT2D eigenvalue weighted by Gasteiger charge is 2.18. The summed E-state index contributed by atoms with van der Waals surface area (Å²) < 4.78 is 0. The van der Waals surface area contributed by atoms with Crippen molar-refractivity contribution in [1.29, 1.82) is 0 Å². The number of fused-ring (bicyclic) bond motifs is 1. The summed E-state index contributed by atoms with van der Waals surface area (Å²) in [5.74, 6) is 0. The molecule has 0 amide bonds. The van der Waals surface area contributed by atoms with E-state index in [2.05, 4.69) is 10.3 Å². The van der Waals surface area contributed by atoms with Gasteiger partial charge >= 0.3 is 0 Å². The standard InChI is InChI=1S/C7H9N3O/c8-6-3-4-5(10-6)1-2-9-7(4)11/h1-2,6,10H,3,8H2,(H,9,11). The summed E-state index contributed by atoms with van der Waals surface area (Å²) in [7, 11) is 0. The Labute approximate surface area is 63.4 Å². The zero-order chi connectivity index (χ0) is 7.84. The fraction of sp³-hybridized carbons (Fsp3) is 0.286. The Balaban J connectivity index is 2.58. The molecule has 1 aliphatic rings. The molecule has 0 spiro atoms. The van der Waals surface area contributed by atoms with Crippen molar-refractivity contribution >= 4 is 5.69 Å². The third kappa shape index (κ3) is 0.914. The molecule has 0 saturated heterocycles. The van der Waals surface area contributed by atoms with Crippen molar-refractivity contribution in [3.63, 3.8) is 0 Å².